The van der Waals surface area contributed by atoms with E-state index in [1.54, 1.807) is 48.5 Å². The van der Waals surface area contributed by atoms with Gasteiger partial charge in [0.2, 0.25) is 0 Å². The summed E-state index contributed by atoms with van der Waals surface area (Å²) in [5.74, 6) is 2.67. The predicted octanol–water partition coefficient (Wildman–Crippen LogP) is 14.3. The third kappa shape index (κ3) is 10.7. The molecule has 3 N–H and O–H groups in total. The Morgan fingerprint density at radius 1 is 0.485 bits per heavy atom. The molecule has 0 saturated heterocycles. The van der Waals surface area contributed by atoms with Gasteiger partial charge in [-0.05, 0) is 121 Å². The molecule has 66 heavy (non-hydrogen) atoms. The molecule has 318 valence electrons. The number of para-hydroxylation sites is 2. The van der Waals surface area contributed by atoms with Gasteiger partial charge in [-0.2, -0.15) is 10.5 Å². The van der Waals surface area contributed by atoms with E-state index >= 15 is 0 Å². The van der Waals surface area contributed by atoms with Crippen molar-refractivity contribution in [2.24, 2.45) is 0 Å². The summed E-state index contributed by atoms with van der Waals surface area (Å²) in [6.07, 6.45) is 0. The average molecular weight is 900 g/mol. The quantitative estimate of drug-likeness (QED) is 0.129. The van der Waals surface area contributed by atoms with Crippen LogP contribution in [0.5, 0.6) is 23.0 Å². The molecule has 9 aromatic rings. The molecular weight excluding hydrogens is 864 g/mol. The first kappa shape index (κ1) is 43.9. The van der Waals surface area contributed by atoms with Gasteiger partial charge in [-0.15, -0.1) is 0 Å². The van der Waals surface area contributed by atoms with Crippen molar-refractivity contribution in [2.75, 3.05) is 11.1 Å². The number of rotatable bonds is 10. The van der Waals surface area contributed by atoms with Gasteiger partial charge in [0.15, 0.2) is 0 Å². The average Bonchev–Trinajstić information content (AvgIpc) is 3.35. The predicted molar refractivity (Wildman–Crippen MR) is 262 cm³/mol. The Morgan fingerprint density at radius 2 is 0.848 bits per heavy atom. The normalized spacial score (nSPS) is 10.4. The minimum absolute atomic E-state index is 0.185. The molecule has 0 aliphatic rings. The number of nitrogens with zero attached hydrogens (tertiary/aromatic N) is 4. The molecule has 0 aliphatic carbocycles. The molecule has 0 aliphatic heterocycles. The van der Waals surface area contributed by atoms with Crippen LogP contribution in [0.1, 0.15) is 21.5 Å². The van der Waals surface area contributed by atoms with Gasteiger partial charge in [-0.1, -0.05) is 102 Å². The van der Waals surface area contributed by atoms with Crippen LogP contribution in [-0.2, 0) is 0 Å². The van der Waals surface area contributed by atoms with E-state index in [-0.39, 0.29) is 5.91 Å². The number of nitrogens with two attached hydrogens (primary N) is 1. The van der Waals surface area contributed by atoms with Crippen molar-refractivity contribution in [3.63, 3.8) is 0 Å². The minimum Gasteiger partial charge on any atom is -0.457 e. The van der Waals surface area contributed by atoms with Crippen molar-refractivity contribution >= 4 is 40.5 Å². The van der Waals surface area contributed by atoms with Crippen molar-refractivity contribution in [3.05, 3.63) is 227 Å². The Hall–Kier alpha value is -8.73. The fourth-order valence-corrected chi connectivity index (χ4v) is 7.21. The van der Waals surface area contributed by atoms with Crippen molar-refractivity contribution < 1.29 is 14.3 Å². The lowest BCUT2D eigenvalue weighted by atomic mass is 10.0. The largest absolute Gasteiger partial charge is 0.457 e. The molecule has 7 aromatic carbocycles. The molecule has 2 heterocycles. The Kier molecular flexibility index (Phi) is 13.7. The number of ether oxygens (including phenoxy) is 2. The number of carbonyl (C=O) groups excluding carboxylic acids is 1. The second kappa shape index (κ2) is 20.6. The first-order valence-electron chi connectivity index (χ1n) is 20.5. The first-order valence-corrected chi connectivity index (χ1v) is 21.2. The first-order chi connectivity index (χ1) is 32.2. The molecule has 0 saturated carbocycles. The fourth-order valence-electron chi connectivity index (χ4n) is 6.74. The number of nitrogen functional groups attached to an aromatic ring is 1. The van der Waals surface area contributed by atoms with E-state index in [1.807, 2.05) is 152 Å². The molecule has 11 heteroatoms. The monoisotopic (exact) mass is 898 g/mol. The number of benzene rings is 7. The molecule has 0 atom stereocenters. The number of anilines is 2. The minimum atomic E-state index is -0.185. The molecule has 1 amide bonds. The molecule has 0 bridgehead atoms. The van der Waals surface area contributed by atoms with Crippen molar-refractivity contribution in [1.82, 2.24) is 9.97 Å². The number of amides is 1. The highest BCUT2D eigenvalue weighted by Crippen LogP contribution is 2.35. The number of carbonyl (C=O) groups is 1. The van der Waals surface area contributed by atoms with Crippen LogP contribution >= 0.6 is 23.2 Å². The van der Waals surface area contributed by atoms with E-state index < -0.39 is 0 Å². The van der Waals surface area contributed by atoms with Gasteiger partial charge in [-0.25, -0.2) is 9.97 Å². The summed E-state index contributed by atoms with van der Waals surface area (Å²) >= 11 is 12.9. The third-order valence-corrected chi connectivity index (χ3v) is 10.7. The van der Waals surface area contributed by atoms with Crippen molar-refractivity contribution in [1.29, 1.82) is 10.5 Å². The number of aromatic nitrogens is 2. The number of hydrogen-bond donors (Lipinski definition) is 2. The highest BCUT2D eigenvalue weighted by molar-refractivity contribution is 6.32. The number of nitriles is 2. The van der Waals surface area contributed by atoms with E-state index in [1.165, 1.54) is 0 Å². The summed E-state index contributed by atoms with van der Waals surface area (Å²) in [6, 6.07) is 65.2. The van der Waals surface area contributed by atoms with Crippen LogP contribution in [0.2, 0.25) is 10.0 Å². The molecule has 0 radical (unpaired) electrons. The zero-order valence-corrected chi connectivity index (χ0v) is 36.4. The number of halogens is 2. The summed E-state index contributed by atoms with van der Waals surface area (Å²) in [4.78, 5) is 21.9. The number of pyridine rings is 2. The Balaban J connectivity index is 0.000000185. The Labute approximate surface area is 391 Å². The zero-order chi connectivity index (χ0) is 45.8. The van der Waals surface area contributed by atoms with Crippen LogP contribution in [0.4, 0.5) is 11.4 Å². The van der Waals surface area contributed by atoms with Gasteiger partial charge >= 0.3 is 0 Å². The van der Waals surface area contributed by atoms with Gasteiger partial charge in [0, 0.05) is 39.2 Å². The lowest BCUT2D eigenvalue weighted by Gasteiger charge is -2.11. The van der Waals surface area contributed by atoms with Crippen LogP contribution < -0.4 is 20.5 Å². The lowest BCUT2D eigenvalue weighted by molar-refractivity contribution is 0.102. The molecule has 0 unspecified atom stereocenters. The van der Waals surface area contributed by atoms with Crippen LogP contribution in [-0.4, -0.2) is 15.9 Å². The second-order valence-corrected chi connectivity index (χ2v) is 15.4. The van der Waals surface area contributed by atoms with Gasteiger partial charge in [0.1, 0.15) is 35.1 Å². The second-order valence-electron chi connectivity index (χ2n) is 14.5. The van der Waals surface area contributed by atoms with E-state index in [0.717, 1.165) is 33.8 Å². The van der Waals surface area contributed by atoms with Crippen molar-refractivity contribution in [2.45, 2.75) is 0 Å². The van der Waals surface area contributed by atoms with E-state index in [9.17, 15) is 15.3 Å². The summed E-state index contributed by atoms with van der Waals surface area (Å²) in [6.45, 7) is 0. The molecule has 0 spiro atoms. The Morgan fingerprint density at radius 3 is 1.26 bits per heavy atom. The zero-order valence-electron chi connectivity index (χ0n) is 34.9. The highest BCUT2D eigenvalue weighted by atomic mass is 35.5. The number of hydrogen-bond acceptors (Lipinski definition) is 8. The van der Waals surface area contributed by atoms with Crippen LogP contribution in [0.25, 0.3) is 45.0 Å². The van der Waals surface area contributed by atoms with Gasteiger partial charge in [0.25, 0.3) is 5.91 Å². The maximum Gasteiger partial charge on any atom is 0.255 e. The molecule has 2 aromatic heterocycles. The van der Waals surface area contributed by atoms with Gasteiger partial charge < -0.3 is 20.5 Å². The van der Waals surface area contributed by atoms with E-state index in [2.05, 4.69) is 17.5 Å². The standard InChI is InChI=1S/C31H20ClN3O2.C24H16ClN3O/c32-28-19-29(21-11-15-24(16-12-21)34-31(36)23-7-3-1-4-8-23)35-30(27(28)20-33)22-13-17-26(18-14-22)37-25-9-5-2-6-10-25;25-22-14-23(16-6-10-18(27)11-7-16)28-24(21(22)15-26)17-8-12-20(13-9-17)29-19-4-2-1-3-5-19/h1-19H,(H,34,36);1-14H,27H2. The van der Waals surface area contributed by atoms with Crippen LogP contribution in [0.15, 0.2) is 200 Å². The summed E-state index contributed by atoms with van der Waals surface area (Å²) < 4.78 is 11.7. The van der Waals surface area contributed by atoms with Crippen molar-refractivity contribution in [3.8, 4) is 80.2 Å². The Bertz CT molecular complexity index is 3200. The topological polar surface area (TPSA) is 147 Å². The van der Waals surface area contributed by atoms with E-state index in [4.69, 9.17) is 48.4 Å². The molecule has 9 rings (SSSR count). The fraction of sp³-hybridized carbons (Fsp3) is 0. The third-order valence-electron chi connectivity index (χ3n) is 10.1. The smallest absolute Gasteiger partial charge is 0.255 e. The highest BCUT2D eigenvalue weighted by Gasteiger charge is 2.17. The molecule has 0 fully saturated rings. The molecular formula is C55H36Cl2N6O3. The SMILES string of the molecule is N#Cc1c(Cl)cc(-c2ccc(N)cc2)nc1-c1ccc(Oc2ccccc2)cc1.N#Cc1c(Cl)cc(-c2ccc(NC(=O)c3ccccc3)cc2)nc1-c1ccc(Oc2ccccc2)cc1. The maximum atomic E-state index is 12.4. The van der Waals surface area contributed by atoms with Crippen LogP contribution in [0.3, 0.4) is 0 Å². The van der Waals surface area contributed by atoms with Gasteiger partial charge in [0.05, 0.1) is 43.9 Å². The maximum absolute atomic E-state index is 12.4. The van der Waals surface area contributed by atoms with Gasteiger partial charge in [-0.3, -0.25) is 4.79 Å². The number of nitrogens with one attached hydrogen (secondary N) is 1. The summed E-state index contributed by atoms with van der Waals surface area (Å²) in [5, 5.41) is 22.9. The molecule has 9 nitrogen and oxygen atoms in total. The van der Waals surface area contributed by atoms with Crippen LogP contribution in [0, 0.1) is 22.7 Å². The summed E-state index contributed by atoms with van der Waals surface area (Å²) in [7, 11) is 0. The summed E-state index contributed by atoms with van der Waals surface area (Å²) in [5.41, 5.74) is 13.8. The van der Waals surface area contributed by atoms with E-state index in [0.29, 0.717) is 72.4 Å². The lowest BCUT2D eigenvalue weighted by Crippen LogP contribution is -2.11.